The van der Waals surface area contributed by atoms with E-state index in [9.17, 15) is 9.90 Å². The third kappa shape index (κ3) is 5.82. The van der Waals surface area contributed by atoms with Gasteiger partial charge in [-0.15, -0.1) is 0 Å². The van der Waals surface area contributed by atoms with Crippen molar-refractivity contribution in [2.45, 2.75) is 25.5 Å². The Labute approximate surface area is 137 Å². The summed E-state index contributed by atoms with van der Waals surface area (Å²) in [5.41, 5.74) is 0.760. The molecule has 1 aliphatic heterocycles. The number of nitrogens with zero attached hydrogens (tertiary/aromatic N) is 1. The van der Waals surface area contributed by atoms with Gasteiger partial charge in [0.05, 0.1) is 24.9 Å². The molecule has 1 heterocycles. The number of aliphatic hydroxyl groups excluding tert-OH is 1. The lowest BCUT2D eigenvalue weighted by Gasteiger charge is -2.38. The van der Waals surface area contributed by atoms with Gasteiger partial charge in [-0.1, -0.05) is 30.3 Å². The average molecular weight is 321 g/mol. The Morgan fingerprint density at radius 3 is 2.78 bits per heavy atom. The first-order valence-corrected chi connectivity index (χ1v) is 8.07. The zero-order valence-corrected chi connectivity index (χ0v) is 13.9. The fraction of sp³-hybridized carbons (Fsp3) is 0.588. The second kappa shape index (κ2) is 8.29. The molecule has 1 aromatic carbocycles. The van der Waals surface area contributed by atoms with Gasteiger partial charge in [0.25, 0.3) is 0 Å². The molecule has 3 N–H and O–H groups in total. The van der Waals surface area contributed by atoms with Crippen LogP contribution in [0.5, 0.6) is 0 Å². The predicted molar refractivity (Wildman–Crippen MR) is 89.3 cm³/mol. The van der Waals surface area contributed by atoms with E-state index in [0.717, 1.165) is 31.8 Å². The van der Waals surface area contributed by atoms with Crippen molar-refractivity contribution < 1.29 is 14.6 Å². The zero-order valence-electron chi connectivity index (χ0n) is 13.9. The van der Waals surface area contributed by atoms with E-state index in [-0.39, 0.29) is 18.2 Å². The maximum atomic E-state index is 12.0. The predicted octanol–water partition coefficient (Wildman–Crippen LogP) is 1.13. The second-order valence-electron chi connectivity index (χ2n) is 6.43. The van der Waals surface area contributed by atoms with Crippen LogP contribution in [0.4, 0.5) is 4.79 Å². The largest absolute Gasteiger partial charge is 0.394 e. The first-order valence-electron chi connectivity index (χ1n) is 8.07. The fourth-order valence-corrected chi connectivity index (χ4v) is 2.76. The van der Waals surface area contributed by atoms with Gasteiger partial charge < -0.3 is 20.5 Å². The van der Waals surface area contributed by atoms with Crippen LogP contribution in [0.25, 0.3) is 0 Å². The van der Waals surface area contributed by atoms with Gasteiger partial charge in [0.1, 0.15) is 0 Å². The van der Waals surface area contributed by atoms with E-state index >= 15 is 0 Å². The van der Waals surface area contributed by atoms with Crippen LogP contribution in [-0.4, -0.2) is 61.0 Å². The second-order valence-corrected chi connectivity index (χ2v) is 6.43. The number of urea groups is 1. The Hall–Kier alpha value is -1.63. The average Bonchev–Trinajstić information content (AvgIpc) is 2.52. The van der Waals surface area contributed by atoms with Gasteiger partial charge in [0, 0.05) is 26.2 Å². The molecule has 2 rings (SSSR count). The highest BCUT2D eigenvalue weighted by Crippen LogP contribution is 2.15. The number of carbonyl (C=O) groups is 1. The van der Waals surface area contributed by atoms with Crippen molar-refractivity contribution in [3.8, 4) is 0 Å². The van der Waals surface area contributed by atoms with Crippen LogP contribution >= 0.6 is 0 Å². The molecule has 6 nitrogen and oxygen atoms in total. The highest BCUT2D eigenvalue weighted by molar-refractivity contribution is 5.74. The van der Waals surface area contributed by atoms with E-state index in [1.807, 2.05) is 30.3 Å². The summed E-state index contributed by atoms with van der Waals surface area (Å²) in [4.78, 5) is 14.3. The SMILES string of the molecule is CC1(C)CN(CCNC(=O)N[C@@H](CO)c2ccccc2)CCO1. The molecule has 2 amide bonds. The molecule has 0 aromatic heterocycles. The molecule has 6 heteroatoms. The molecule has 1 saturated heterocycles. The minimum absolute atomic E-state index is 0.129. The zero-order chi connectivity index (χ0) is 16.7. The maximum absolute atomic E-state index is 12.0. The van der Waals surface area contributed by atoms with Crippen molar-refractivity contribution in [3.05, 3.63) is 35.9 Å². The molecule has 0 bridgehead atoms. The number of aliphatic hydroxyl groups is 1. The molecule has 0 unspecified atom stereocenters. The highest BCUT2D eigenvalue weighted by Gasteiger charge is 2.26. The van der Waals surface area contributed by atoms with E-state index in [1.165, 1.54) is 0 Å². The summed E-state index contributed by atoms with van der Waals surface area (Å²) in [6.07, 6.45) is 0. The van der Waals surface area contributed by atoms with Crippen LogP contribution in [0.15, 0.2) is 30.3 Å². The summed E-state index contributed by atoms with van der Waals surface area (Å²) >= 11 is 0. The molecule has 0 spiro atoms. The van der Waals surface area contributed by atoms with Gasteiger partial charge in [-0.2, -0.15) is 0 Å². The standard InChI is InChI=1S/C17H27N3O3/c1-17(2)13-20(10-11-23-17)9-8-18-16(22)19-15(12-21)14-6-4-3-5-7-14/h3-7,15,21H,8-13H2,1-2H3,(H2,18,19,22)/t15-/m0/s1. The maximum Gasteiger partial charge on any atom is 0.315 e. The first kappa shape index (κ1) is 17.7. The number of amides is 2. The number of ether oxygens (including phenoxy) is 1. The Kier molecular flexibility index (Phi) is 6.38. The van der Waals surface area contributed by atoms with Gasteiger partial charge in [0.2, 0.25) is 0 Å². The summed E-state index contributed by atoms with van der Waals surface area (Å²) in [5.74, 6) is 0. The molecule has 1 atom stereocenters. The molecule has 128 valence electrons. The first-order chi connectivity index (χ1) is 11.0. The van der Waals surface area contributed by atoms with Crippen LogP contribution in [0.3, 0.4) is 0 Å². The van der Waals surface area contributed by atoms with Crippen LogP contribution in [0, 0.1) is 0 Å². The topological polar surface area (TPSA) is 73.8 Å². The molecule has 1 aromatic rings. The lowest BCUT2D eigenvalue weighted by molar-refractivity contribution is -0.0852. The number of carbonyl (C=O) groups excluding carboxylic acids is 1. The minimum atomic E-state index is -0.390. The normalized spacial score (nSPS) is 19.1. The lowest BCUT2D eigenvalue weighted by Crippen LogP contribution is -2.50. The monoisotopic (exact) mass is 321 g/mol. The van der Waals surface area contributed by atoms with Gasteiger partial charge in [-0.3, -0.25) is 4.90 Å². The quantitative estimate of drug-likeness (QED) is 0.734. The van der Waals surface area contributed by atoms with Crippen LogP contribution in [0.2, 0.25) is 0 Å². The van der Waals surface area contributed by atoms with E-state index in [0.29, 0.717) is 6.54 Å². The number of hydrogen-bond donors (Lipinski definition) is 3. The van der Waals surface area contributed by atoms with Crippen LogP contribution in [-0.2, 0) is 4.74 Å². The van der Waals surface area contributed by atoms with Gasteiger partial charge in [0.15, 0.2) is 0 Å². The molecule has 23 heavy (non-hydrogen) atoms. The van der Waals surface area contributed by atoms with E-state index in [1.54, 1.807) is 0 Å². The van der Waals surface area contributed by atoms with E-state index in [2.05, 4.69) is 29.4 Å². The van der Waals surface area contributed by atoms with E-state index in [4.69, 9.17) is 4.74 Å². The van der Waals surface area contributed by atoms with Gasteiger partial charge in [-0.25, -0.2) is 4.79 Å². The number of nitrogens with one attached hydrogen (secondary N) is 2. The van der Waals surface area contributed by atoms with Crippen LogP contribution in [0.1, 0.15) is 25.5 Å². The van der Waals surface area contributed by atoms with Crippen molar-refractivity contribution in [2.75, 3.05) is 39.4 Å². The van der Waals surface area contributed by atoms with Gasteiger partial charge in [-0.05, 0) is 19.4 Å². The van der Waals surface area contributed by atoms with Crippen molar-refractivity contribution in [1.82, 2.24) is 15.5 Å². The number of benzene rings is 1. The molecular formula is C17H27N3O3. The lowest BCUT2D eigenvalue weighted by atomic mass is 10.1. The highest BCUT2D eigenvalue weighted by atomic mass is 16.5. The summed E-state index contributed by atoms with van der Waals surface area (Å²) < 4.78 is 5.67. The fourth-order valence-electron chi connectivity index (χ4n) is 2.76. The Balaban J connectivity index is 1.72. The molecule has 0 aliphatic carbocycles. The molecule has 1 aliphatic rings. The molecular weight excluding hydrogens is 294 g/mol. The van der Waals surface area contributed by atoms with Crippen molar-refractivity contribution >= 4 is 6.03 Å². The minimum Gasteiger partial charge on any atom is -0.394 e. The third-order valence-electron chi connectivity index (χ3n) is 3.91. The number of hydrogen-bond acceptors (Lipinski definition) is 4. The summed E-state index contributed by atoms with van der Waals surface area (Å²) in [7, 11) is 0. The summed E-state index contributed by atoms with van der Waals surface area (Å²) in [6, 6.07) is 8.80. The summed E-state index contributed by atoms with van der Waals surface area (Å²) in [5, 5.41) is 15.1. The van der Waals surface area contributed by atoms with Crippen molar-refractivity contribution in [1.29, 1.82) is 0 Å². The van der Waals surface area contributed by atoms with E-state index < -0.39 is 6.04 Å². The smallest absolute Gasteiger partial charge is 0.315 e. The number of rotatable bonds is 6. The Morgan fingerprint density at radius 1 is 1.39 bits per heavy atom. The Morgan fingerprint density at radius 2 is 2.13 bits per heavy atom. The third-order valence-corrected chi connectivity index (χ3v) is 3.91. The number of morpholine rings is 1. The van der Waals surface area contributed by atoms with Crippen molar-refractivity contribution in [2.24, 2.45) is 0 Å². The molecule has 0 saturated carbocycles. The van der Waals surface area contributed by atoms with Gasteiger partial charge >= 0.3 is 6.03 Å². The van der Waals surface area contributed by atoms with Crippen LogP contribution < -0.4 is 10.6 Å². The van der Waals surface area contributed by atoms with Crippen molar-refractivity contribution in [3.63, 3.8) is 0 Å². The molecule has 1 fully saturated rings. The summed E-state index contributed by atoms with van der Waals surface area (Å²) in [6.45, 7) is 7.84. The molecule has 0 radical (unpaired) electrons. The Bertz CT molecular complexity index is 493.